The van der Waals surface area contributed by atoms with Crippen molar-refractivity contribution in [2.45, 2.75) is 71.5 Å². The Labute approximate surface area is 129 Å². The lowest BCUT2D eigenvalue weighted by atomic mass is 9.88. The minimum Gasteiger partial charge on any atom is -0.494 e. The van der Waals surface area contributed by atoms with E-state index < -0.39 is 12.2 Å². The minimum absolute atomic E-state index is 0.219. The zero-order chi connectivity index (χ0) is 15.8. The van der Waals surface area contributed by atoms with Crippen molar-refractivity contribution >= 4 is 0 Å². The Morgan fingerprint density at radius 2 is 1.81 bits per heavy atom. The van der Waals surface area contributed by atoms with Crippen molar-refractivity contribution in [3.63, 3.8) is 0 Å². The lowest BCUT2D eigenvalue weighted by Crippen LogP contribution is -2.26. The second-order valence-corrected chi connectivity index (χ2v) is 5.74. The van der Waals surface area contributed by atoms with Crippen LogP contribution in [0.5, 0.6) is 5.75 Å². The number of hydrogen-bond acceptors (Lipinski definition) is 3. The van der Waals surface area contributed by atoms with Gasteiger partial charge in [0, 0.05) is 0 Å². The molecule has 0 spiro atoms. The van der Waals surface area contributed by atoms with E-state index in [1.54, 1.807) is 0 Å². The molecule has 1 aromatic rings. The zero-order valence-corrected chi connectivity index (χ0v) is 13.8. The molecular weight excluding hydrogens is 264 g/mol. The Balaban J connectivity index is 2.81. The van der Waals surface area contributed by atoms with Crippen molar-refractivity contribution in [2.75, 3.05) is 6.61 Å². The molecule has 0 fully saturated rings. The van der Waals surface area contributed by atoms with Crippen LogP contribution < -0.4 is 4.74 Å². The molecule has 21 heavy (non-hydrogen) atoms. The summed E-state index contributed by atoms with van der Waals surface area (Å²) in [6.07, 6.45) is 1.81. The largest absolute Gasteiger partial charge is 0.494 e. The van der Waals surface area contributed by atoms with Crippen molar-refractivity contribution in [2.24, 2.45) is 0 Å². The molecule has 3 nitrogen and oxygen atoms in total. The van der Waals surface area contributed by atoms with E-state index in [4.69, 9.17) is 4.74 Å². The molecule has 3 unspecified atom stereocenters. The first kappa shape index (κ1) is 18.0. The topological polar surface area (TPSA) is 49.7 Å². The van der Waals surface area contributed by atoms with Gasteiger partial charge in [-0.3, -0.25) is 0 Å². The highest BCUT2D eigenvalue weighted by Gasteiger charge is 2.20. The molecule has 0 radical (unpaired) electrons. The Hall–Kier alpha value is -1.06. The molecule has 1 aromatic carbocycles. The molecule has 0 saturated carbocycles. The van der Waals surface area contributed by atoms with Crippen molar-refractivity contribution in [3.05, 3.63) is 29.3 Å². The van der Waals surface area contributed by atoms with Gasteiger partial charge in [0.05, 0.1) is 18.8 Å². The minimum atomic E-state index is -0.661. The standard InChI is InChI=1S/C18H30O3/c1-5-10-21-15-8-9-16(14(6-2)12-15)13(4)11-18(20)17(19)7-3/h8-9,12-13,17-20H,5-7,10-11H2,1-4H3. The van der Waals surface area contributed by atoms with Crippen molar-refractivity contribution in [1.29, 1.82) is 0 Å². The van der Waals surface area contributed by atoms with Crippen LogP contribution in [0.4, 0.5) is 0 Å². The first-order valence-corrected chi connectivity index (χ1v) is 8.15. The van der Waals surface area contributed by atoms with Gasteiger partial charge in [-0.2, -0.15) is 0 Å². The van der Waals surface area contributed by atoms with Gasteiger partial charge < -0.3 is 14.9 Å². The van der Waals surface area contributed by atoms with E-state index in [9.17, 15) is 10.2 Å². The summed E-state index contributed by atoms with van der Waals surface area (Å²) >= 11 is 0. The molecule has 3 atom stereocenters. The van der Waals surface area contributed by atoms with E-state index in [-0.39, 0.29) is 5.92 Å². The average Bonchev–Trinajstić information content (AvgIpc) is 2.51. The average molecular weight is 294 g/mol. The summed E-state index contributed by atoms with van der Waals surface area (Å²) in [5.74, 6) is 1.13. The molecule has 0 aliphatic rings. The van der Waals surface area contributed by atoms with Gasteiger partial charge in [-0.25, -0.2) is 0 Å². The van der Waals surface area contributed by atoms with Gasteiger partial charge in [-0.15, -0.1) is 0 Å². The van der Waals surface area contributed by atoms with Crippen molar-refractivity contribution in [3.8, 4) is 5.75 Å². The van der Waals surface area contributed by atoms with E-state index in [1.165, 1.54) is 11.1 Å². The Morgan fingerprint density at radius 1 is 1.10 bits per heavy atom. The Bertz CT molecular complexity index is 417. The van der Waals surface area contributed by atoms with Crippen molar-refractivity contribution in [1.82, 2.24) is 0 Å². The highest BCUT2D eigenvalue weighted by Crippen LogP contribution is 2.29. The lowest BCUT2D eigenvalue weighted by Gasteiger charge is -2.22. The summed E-state index contributed by atoms with van der Waals surface area (Å²) in [5, 5.41) is 19.7. The lowest BCUT2D eigenvalue weighted by molar-refractivity contribution is 0.00950. The summed E-state index contributed by atoms with van der Waals surface area (Å²) in [6.45, 7) is 8.95. The van der Waals surface area contributed by atoms with E-state index in [0.29, 0.717) is 12.8 Å². The molecule has 0 aliphatic carbocycles. The Kier molecular flexibility index (Phi) is 7.76. The predicted octanol–water partition coefficient (Wildman–Crippen LogP) is 3.66. The molecule has 0 aromatic heterocycles. The van der Waals surface area contributed by atoms with Crippen LogP contribution in [0.3, 0.4) is 0 Å². The van der Waals surface area contributed by atoms with E-state index in [0.717, 1.165) is 25.2 Å². The van der Waals surface area contributed by atoms with Gasteiger partial charge in [0.15, 0.2) is 0 Å². The van der Waals surface area contributed by atoms with E-state index >= 15 is 0 Å². The predicted molar refractivity (Wildman–Crippen MR) is 86.9 cm³/mol. The summed E-state index contributed by atoms with van der Waals surface area (Å²) < 4.78 is 5.68. The third-order valence-electron chi connectivity index (χ3n) is 3.96. The first-order chi connectivity index (χ1) is 10.0. The maximum Gasteiger partial charge on any atom is 0.119 e. The van der Waals surface area contributed by atoms with E-state index in [2.05, 4.69) is 32.9 Å². The van der Waals surface area contributed by atoms with Gasteiger partial charge in [0.2, 0.25) is 0 Å². The van der Waals surface area contributed by atoms with Gasteiger partial charge in [-0.1, -0.05) is 33.8 Å². The van der Waals surface area contributed by atoms with Crippen LogP contribution in [-0.2, 0) is 6.42 Å². The molecule has 0 aliphatic heterocycles. The summed E-state index contributed by atoms with van der Waals surface area (Å²) in [7, 11) is 0. The van der Waals surface area contributed by atoms with Crippen LogP contribution in [0.1, 0.15) is 64.0 Å². The smallest absolute Gasteiger partial charge is 0.119 e. The molecule has 0 bridgehead atoms. The molecule has 2 N–H and O–H groups in total. The molecule has 3 heteroatoms. The molecule has 0 heterocycles. The van der Waals surface area contributed by atoms with Crippen LogP contribution in [0, 0.1) is 0 Å². The van der Waals surface area contributed by atoms with Crippen LogP contribution in [0.15, 0.2) is 18.2 Å². The molecular formula is C18H30O3. The molecule has 0 amide bonds. The molecule has 0 saturated heterocycles. The zero-order valence-electron chi connectivity index (χ0n) is 13.8. The SMILES string of the molecule is CCCOc1ccc(C(C)CC(O)C(O)CC)c(CC)c1. The number of aliphatic hydroxyl groups is 2. The van der Waals surface area contributed by atoms with Gasteiger partial charge in [-0.05, 0) is 54.9 Å². The fraction of sp³-hybridized carbons (Fsp3) is 0.667. The third kappa shape index (κ3) is 5.33. The fourth-order valence-electron chi connectivity index (χ4n) is 2.60. The molecule has 120 valence electrons. The number of ether oxygens (including phenoxy) is 1. The van der Waals surface area contributed by atoms with Gasteiger partial charge in [0.25, 0.3) is 0 Å². The molecule has 1 rings (SSSR count). The number of rotatable bonds is 9. The first-order valence-electron chi connectivity index (χ1n) is 8.15. The van der Waals surface area contributed by atoms with Crippen LogP contribution in [-0.4, -0.2) is 29.0 Å². The number of aliphatic hydroxyl groups excluding tert-OH is 2. The highest BCUT2D eigenvalue weighted by molar-refractivity contribution is 5.37. The fourth-order valence-corrected chi connectivity index (χ4v) is 2.60. The maximum atomic E-state index is 10.0. The van der Waals surface area contributed by atoms with Crippen LogP contribution >= 0.6 is 0 Å². The van der Waals surface area contributed by atoms with Gasteiger partial charge >= 0.3 is 0 Å². The maximum absolute atomic E-state index is 10.0. The summed E-state index contributed by atoms with van der Waals surface area (Å²) in [5.41, 5.74) is 2.50. The Morgan fingerprint density at radius 3 is 2.38 bits per heavy atom. The second kappa shape index (κ2) is 9.06. The number of hydrogen-bond donors (Lipinski definition) is 2. The monoisotopic (exact) mass is 294 g/mol. The number of benzene rings is 1. The van der Waals surface area contributed by atoms with E-state index in [1.807, 2.05) is 13.0 Å². The van der Waals surface area contributed by atoms with Gasteiger partial charge in [0.1, 0.15) is 5.75 Å². The normalized spacial score (nSPS) is 15.5. The highest BCUT2D eigenvalue weighted by atomic mass is 16.5. The summed E-state index contributed by atoms with van der Waals surface area (Å²) in [6, 6.07) is 6.20. The third-order valence-corrected chi connectivity index (χ3v) is 3.96. The summed E-state index contributed by atoms with van der Waals surface area (Å²) in [4.78, 5) is 0. The van der Waals surface area contributed by atoms with Crippen LogP contribution in [0.2, 0.25) is 0 Å². The number of aryl methyl sites for hydroxylation is 1. The van der Waals surface area contributed by atoms with Crippen molar-refractivity contribution < 1.29 is 14.9 Å². The van der Waals surface area contributed by atoms with Crippen LogP contribution in [0.25, 0.3) is 0 Å². The second-order valence-electron chi connectivity index (χ2n) is 5.74. The quantitative estimate of drug-likeness (QED) is 0.730.